The predicted octanol–water partition coefficient (Wildman–Crippen LogP) is 4.34. The van der Waals surface area contributed by atoms with Crippen molar-refractivity contribution < 1.29 is 0 Å². The topological polar surface area (TPSA) is 0 Å². The summed E-state index contributed by atoms with van der Waals surface area (Å²) < 4.78 is 0. The van der Waals surface area contributed by atoms with Gasteiger partial charge in [-0.3, -0.25) is 0 Å². The van der Waals surface area contributed by atoms with Gasteiger partial charge in [0.05, 0.1) is 0 Å². The van der Waals surface area contributed by atoms with Crippen LogP contribution < -0.4 is 0 Å². The molecule has 1 fully saturated rings. The Morgan fingerprint density at radius 1 is 0.941 bits per heavy atom. The third-order valence-electron chi connectivity index (χ3n) is 3.81. The Morgan fingerprint density at radius 3 is 2.65 bits per heavy atom. The Hall–Kier alpha value is -1.56. The van der Waals surface area contributed by atoms with Crippen LogP contribution in [-0.2, 0) is 0 Å². The molecule has 1 saturated carbocycles. The average Bonchev–Trinajstić information content (AvgIpc) is 2.90. The highest BCUT2D eigenvalue weighted by atomic mass is 14.3. The zero-order valence-electron chi connectivity index (χ0n) is 9.89. The van der Waals surface area contributed by atoms with Gasteiger partial charge in [0, 0.05) is 0 Å². The fourth-order valence-electron chi connectivity index (χ4n) is 3.01. The Kier molecular flexibility index (Phi) is 2.96. The standard InChI is InChI=1S/C17H16/c1-3-8-14(9-4-1)16-12-7-13-17(16)15-10-5-2-6-11-15/h1-5,8,10-11,16-17H,7,12-13H2. The second-order valence-corrected chi connectivity index (χ2v) is 4.80. The molecule has 3 rings (SSSR count). The van der Waals surface area contributed by atoms with Crippen LogP contribution in [0, 0.1) is 12.1 Å². The van der Waals surface area contributed by atoms with Crippen LogP contribution in [0.15, 0.2) is 48.5 Å². The molecule has 0 nitrogen and oxygen atoms in total. The first kappa shape index (κ1) is 10.6. The fraction of sp³-hybridized carbons (Fsp3) is 0.294. The Balaban J connectivity index is 1.91. The van der Waals surface area contributed by atoms with Gasteiger partial charge in [0.2, 0.25) is 0 Å². The molecule has 0 aliphatic heterocycles. The van der Waals surface area contributed by atoms with Crippen LogP contribution in [0.3, 0.4) is 0 Å². The van der Waals surface area contributed by atoms with E-state index < -0.39 is 0 Å². The van der Waals surface area contributed by atoms with Gasteiger partial charge in [-0.25, -0.2) is 0 Å². The van der Waals surface area contributed by atoms with E-state index in [2.05, 4.69) is 42.5 Å². The summed E-state index contributed by atoms with van der Waals surface area (Å²) in [6.07, 6.45) is 3.91. The van der Waals surface area contributed by atoms with Gasteiger partial charge >= 0.3 is 0 Å². The molecular weight excluding hydrogens is 204 g/mol. The molecule has 1 aliphatic carbocycles. The highest BCUT2D eigenvalue weighted by Crippen LogP contribution is 2.45. The van der Waals surface area contributed by atoms with E-state index in [-0.39, 0.29) is 0 Å². The minimum atomic E-state index is 0.645. The first-order chi connectivity index (χ1) is 8.45. The molecule has 2 aromatic carbocycles. The Morgan fingerprint density at radius 2 is 1.88 bits per heavy atom. The number of benzene rings is 2. The maximum Gasteiger partial charge on any atom is -0.00869 e. The van der Waals surface area contributed by atoms with Crippen LogP contribution in [0.2, 0.25) is 0 Å². The Labute approximate surface area is 103 Å². The second kappa shape index (κ2) is 4.75. The summed E-state index contributed by atoms with van der Waals surface area (Å²) >= 11 is 0. The molecule has 2 atom stereocenters. The highest BCUT2D eigenvalue weighted by Gasteiger charge is 2.29. The highest BCUT2D eigenvalue weighted by molar-refractivity contribution is 5.29. The van der Waals surface area contributed by atoms with Gasteiger partial charge in [0.25, 0.3) is 0 Å². The lowest BCUT2D eigenvalue weighted by Crippen LogP contribution is -2.04. The molecule has 2 aromatic rings. The van der Waals surface area contributed by atoms with E-state index in [4.69, 9.17) is 0 Å². The van der Waals surface area contributed by atoms with Crippen LogP contribution in [-0.4, -0.2) is 0 Å². The third kappa shape index (κ3) is 2.12. The number of rotatable bonds is 2. The van der Waals surface area contributed by atoms with E-state index in [1.54, 1.807) is 0 Å². The van der Waals surface area contributed by atoms with Gasteiger partial charge in [-0.05, 0) is 47.9 Å². The molecule has 0 saturated heterocycles. The zero-order chi connectivity index (χ0) is 11.5. The van der Waals surface area contributed by atoms with Gasteiger partial charge in [-0.15, -0.1) is 0 Å². The normalized spacial score (nSPS) is 23.8. The number of hydrogen-bond donors (Lipinski definition) is 0. The maximum atomic E-state index is 3.40. The van der Waals surface area contributed by atoms with Gasteiger partial charge in [-0.2, -0.15) is 0 Å². The van der Waals surface area contributed by atoms with Crippen molar-refractivity contribution in [2.75, 3.05) is 0 Å². The summed E-state index contributed by atoms with van der Waals surface area (Å²) in [5.74, 6) is 1.30. The largest absolute Gasteiger partial charge is 0.0619 e. The molecule has 0 heteroatoms. The van der Waals surface area contributed by atoms with Crippen molar-refractivity contribution >= 4 is 0 Å². The van der Waals surface area contributed by atoms with E-state index in [0.717, 1.165) is 0 Å². The third-order valence-corrected chi connectivity index (χ3v) is 3.81. The molecule has 0 bridgehead atoms. The van der Waals surface area contributed by atoms with Crippen molar-refractivity contribution in [2.45, 2.75) is 31.1 Å². The SMILES string of the molecule is [c]1cccc(C2CCCC2c2[c]cccc2)c1. The van der Waals surface area contributed by atoms with Gasteiger partial charge in [-0.1, -0.05) is 55.0 Å². The molecule has 0 amide bonds. The average molecular weight is 220 g/mol. The van der Waals surface area contributed by atoms with Crippen molar-refractivity contribution in [1.29, 1.82) is 0 Å². The molecule has 0 heterocycles. The smallest absolute Gasteiger partial charge is 0.00869 e. The summed E-state index contributed by atoms with van der Waals surface area (Å²) in [6.45, 7) is 0. The molecule has 17 heavy (non-hydrogen) atoms. The van der Waals surface area contributed by atoms with Gasteiger partial charge < -0.3 is 0 Å². The van der Waals surface area contributed by atoms with Crippen molar-refractivity contribution in [1.82, 2.24) is 0 Å². The summed E-state index contributed by atoms with van der Waals surface area (Å²) in [5, 5.41) is 0. The number of hydrogen-bond acceptors (Lipinski definition) is 0. The van der Waals surface area contributed by atoms with E-state index in [1.807, 2.05) is 18.2 Å². The van der Waals surface area contributed by atoms with Crippen LogP contribution in [0.25, 0.3) is 0 Å². The summed E-state index contributed by atoms with van der Waals surface area (Å²) in [5.41, 5.74) is 2.81. The second-order valence-electron chi connectivity index (χ2n) is 4.80. The van der Waals surface area contributed by atoms with Crippen LogP contribution in [0.1, 0.15) is 42.2 Å². The van der Waals surface area contributed by atoms with Crippen molar-refractivity contribution in [3.8, 4) is 0 Å². The molecule has 0 aromatic heterocycles. The lowest BCUT2D eigenvalue weighted by Gasteiger charge is -2.20. The first-order valence-electron chi connectivity index (χ1n) is 6.38. The molecule has 0 N–H and O–H groups in total. The molecule has 84 valence electrons. The van der Waals surface area contributed by atoms with E-state index >= 15 is 0 Å². The zero-order valence-corrected chi connectivity index (χ0v) is 9.89. The summed E-state index contributed by atoms with van der Waals surface area (Å²) in [7, 11) is 0. The van der Waals surface area contributed by atoms with Crippen molar-refractivity contribution in [3.05, 3.63) is 71.8 Å². The van der Waals surface area contributed by atoms with E-state index in [9.17, 15) is 0 Å². The van der Waals surface area contributed by atoms with Crippen LogP contribution in [0.5, 0.6) is 0 Å². The quantitative estimate of drug-likeness (QED) is 0.706. The lowest BCUT2D eigenvalue weighted by atomic mass is 9.84. The fourth-order valence-corrected chi connectivity index (χ4v) is 3.01. The Bertz CT molecular complexity index is 412. The molecule has 1 aliphatic rings. The monoisotopic (exact) mass is 220 g/mol. The molecule has 0 spiro atoms. The molecule has 2 radical (unpaired) electrons. The minimum absolute atomic E-state index is 0.645. The van der Waals surface area contributed by atoms with E-state index in [1.165, 1.54) is 30.4 Å². The summed E-state index contributed by atoms with van der Waals surface area (Å²) in [4.78, 5) is 0. The van der Waals surface area contributed by atoms with E-state index in [0.29, 0.717) is 11.8 Å². The van der Waals surface area contributed by atoms with Crippen LogP contribution >= 0.6 is 0 Å². The maximum absolute atomic E-state index is 3.40. The first-order valence-corrected chi connectivity index (χ1v) is 6.38. The summed E-state index contributed by atoms with van der Waals surface area (Å²) in [6, 6.07) is 23.5. The van der Waals surface area contributed by atoms with Crippen LogP contribution in [0.4, 0.5) is 0 Å². The predicted molar refractivity (Wildman–Crippen MR) is 69.9 cm³/mol. The van der Waals surface area contributed by atoms with Crippen molar-refractivity contribution in [2.24, 2.45) is 0 Å². The lowest BCUT2D eigenvalue weighted by molar-refractivity contribution is 0.623. The minimum Gasteiger partial charge on any atom is -0.0619 e. The van der Waals surface area contributed by atoms with Gasteiger partial charge in [0.15, 0.2) is 0 Å². The molecular formula is C17H16. The van der Waals surface area contributed by atoms with Gasteiger partial charge in [0.1, 0.15) is 0 Å². The van der Waals surface area contributed by atoms with Crippen molar-refractivity contribution in [3.63, 3.8) is 0 Å². The molecule has 2 unspecified atom stereocenters.